The minimum Gasteiger partial charge on any atom is -0.456 e. The van der Waals surface area contributed by atoms with E-state index in [0.717, 1.165) is 5.56 Å². The van der Waals surface area contributed by atoms with Crippen molar-refractivity contribution in [2.75, 3.05) is 11.9 Å². The average molecular weight is 500 g/mol. The van der Waals surface area contributed by atoms with E-state index in [-0.39, 0.29) is 24.3 Å². The second kappa shape index (κ2) is 11.4. The van der Waals surface area contributed by atoms with Crippen LogP contribution < -0.4 is 26.4 Å². The zero-order chi connectivity index (χ0) is 24.7. The fraction of sp³-hybridized carbons (Fsp3) is 0.125. The third kappa shape index (κ3) is 7.13. The molecule has 3 amide bonds. The lowest BCUT2D eigenvalue weighted by molar-refractivity contribution is -0.120. The van der Waals surface area contributed by atoms with Crippen LogP contribution in [0.15, 0.2) is 66.7 Å². The van der Waals surface area contributed by atoms with Gasteiger partial charge in [0.25, 0.3) is 0 Å². The number of carbonyl (C=O) groups excluding carboxylic acids is 2. The van der Waals surface area contributed by atoms with Crippen molar-refractivity contribution >= 4 is 46.7 Å². The first-order valence-electron chi connectivity index (χ1n) is 10.2. The molecule has 1 atom stereocenters. The van der Waals surface area contributed by atoms with E-state index >= 15 is 0 Å². The standard InChI is InChI=1S/C24H23Cl2N5O3/c1-14(15-4-9-19(10-5-15)34-21-11-6-17(25)12-20(21)26)30-22(32)13-29-24(33)31-18-7-2-16(3-8-18)23(27)28/h2-12,14H,13H2,1H3,(H3,27,28)(H,30,32)(H2,29,31,33). The minimum atomic E-state index is -0.527. The molecule has 0 bridgehead atoms. The Bertz CT molecular complexity index is 1180. The van der Waals surface area contributed by atoms with E-state index in [0.29, 0.717) is 32.8 Å². The number of hydrogen-bond acceptors (Lipinski definition) is 4. The van der Waals surface area contributed by atoms with Gasteiger partial charge in [0.2, 0.25) is 5.91 Å². The molecule has 8 nitrogen and oxygen atoms in total. The van der Waals surface area contributed by atoms with E-state index < -0.39 is 6.03 Å². The van der Waals surface area contributed by atoms with Gasteiger partial charge in [-0.2, -0.15) is 0 Å². The number of amides is 3. The topological polar surface area (TPSA) is 129 Å². The Morgan fingerprint density at radius 1 is 1.03 bits per heavy atom. The van der Waals surface area contributed by atoms with Gasteiger partial charge in [-0.05, 0) is 67.1 Å². The van der Waals surface area contributed by atoms with E-state index in [9.17, 15) is 9.59 Å². The van der Waals surface area contributed by atoms with Gasteiger partial charge < -0.3 is 26.4 Å². The molecule has 0 aliphatic carbocycles. The lowest BCUT2D eigenvalue weighted by Crippen LogP contribution is -2.39. The maximum atomic E-state index is 12.2. The Kier molecular flexibility index (Phi) is 8.34. The molecule has 0 fully saturated rings. The van der Waals surface area contributed by atoms with Crippen LogP contribution in [-0.4, -0.2) is 24.3 Å². The van der Waals surface area contributed by atoms with E-state index in [2.05, 4.69) is 16.0 Å². The first-order chi connectivity index (χ1) is 16.2. The predicted molar refractivity (Wildman–Crippen MR) is 134 cm³/mol. The van der Waals surface area contributed by atoms with Crippen molar-refractivity contribution in [3.63, 3.8) is 0 Å². The molecule has 0 spiro atoms. The summed E-state index contributed by atoms with van der Waals surface area (Å²) < 4.78 is 5.76. The molecule has 34 heavy (non-hydrogen) atoms. The van der Waals surface area contributed by atoms with Crippen LogP contribution in [0.1, 0.15) is 24.1 Å². The second-order valence-corrected chi connectivity index (χ2v) is 8.18. The number of rotatable bonds is 8. The first-order valence-corrected chi connectivity index (χ1v) is 11.0. The number of hydrogen-bond donors (Lipinski definition) is 5. The Labute approximate surface area is 206 Å². The zero-order valence-corrected chi connectivity index (χ0v) is 19.7. The molecule has 1 unspecified atom stereocenters. The molecule has 0 radical (unpaired) electrons. The van der Waals surface area contributed by atoms with Gasteiger partial charge in [-0.15, -0.1) is 0 Å². The molecule has 0 aromatic heterocycles. The number of ether oxygens (including phenoxy) is 1. The molecule has 10 heteroatoms. The van der Waals surface area contributed by atoms with Crippen LogP contribution in [0.25, 0.3) is 0 Å². The molecular formula is C24H23Cl2N5O3. The van der Waals surface area contributed by atoms with Crippen LogP contribution in [0.4, 0.5) is 10.5 Å². The van der Waals surface area contributed by atoms with E-state index in [4.69, 9.17) is 39.1 Å². The van der Waals surface area contributed by atoms with Gasteiger partial charge >= 0.3 is 6.03 Å². The van der Waals surface area contributed by atoms with Crippen molar-refractivity contribution < 1.29 is 14.3 Å². The van der Waals surface area contributed by atoms with Gasteiger partial charge in [-0.25, -0.2) is 4.79 Å². The van der Waals surface area contributed by atoms with Gasteiger partial charge in [-0.1, -0.05) is 35.3 Å². The molecule has 0 saturated heterocycles. The van der Waals surface area contributed by atoms with Gasteiger partial charge in [0.05, 0.1) is 17.6 Å². The highest BCUT2D eigenvalue weighted by Crippen LogP contribution is 2.32. The van der Waals surface area contributed by atoms with Crippen molar-refractivity contribution in [2.24, 2.45) is 5.73 Å². The van der Waals surface area contributed by atoms with Crippen molar-refractivity contribution in [3.8, 4) is 11.5 Å². The number of urea groups is 1. The van der Waals surface area contributed by atoms with Crippen LogP contribution in [0.2, 0.25) is 10.0 Å². The molecule has 3 aromatic rings. The third-order valence-corrected chi connectivity index (χ3v) is 5.27. The molecular weight excluding hydrogens is 477 g/mol. The average Bonchev–Trinajstić information content (AvgIpc) is 2.80. The zero-order valence-electron chi connectivity index (χ0n) is 18.2. The summed E-state index contributed by atoms with van der Waals surface area (Å²) in [4.78, 5) is 24.3. The lowest BCUT2D eigenvalue weighted by Gasteiger charge is -2.16. The number of anilines is 1. The summed E-state index contributed by atoms with van der Waals surface area (Å²) in [6.45, 7) is 1.64. The van der Waals surface area contributed by atoms with Crippen molar-refractivity contribution in [3.05, 3.63) is 87.9 Å². The normalized spacial score (nSPS) is 11.3. The summed E-state index contributed by atoms with van der Waals surface area (Å²) in [5.74, 6) is 0.665. The van der Waals surface area contributed by atoms with Crippen molar-refractivity contribution in [1.82, 2.24) is 10.6 Å². The summed E-state index contributed by atoms with van der Waals surface area (Å²) in [6, 6.07) is 17.8. The number of nitrogen functional groups attached to an aromatic ring is 1. The summed E-state index contributed by atoms with van der Waals surface area (Å²) >= 11 is 12.0. The van der Waals surface area contributed by atoms with Crippen LogP contribution >= 0.6 is 23.2 Å². The molecule has 0 heterocycles. The fourth-order valence-corrected chi connectivity index (χ4v) is 3.40. The van der Waals surface area contributed by atoms with Crippen molar-refractivity contribution in [2.45, 2.75) is 13.0 Å². The highest BCUT2D eigenvalue weighted by atomic mass is 35.5. The largest absolute Gasteiger partial charge is 0.456 e. The maximum Gasteiger partial charge on any atom is 0.319 e. The van der Waals surface area contributed by atoms with Gasteiger partial charge in [0.15, 0.2) is 0 Å². The highest BCUT2D eigenvalue weighted by molar-refractivity contribution is 6.35. The van der Waals surface area contributed by atoms with E-state index in [1.807, 2.05) is 19.1 Å². The second-order valence-electron chi connectivity index (χ2n) is 7.33. The summed E-state index contributed by atoms with van der Waals surface area (Å²) in [6.07, 6.45) is 0. The van der Waals surface area contributed by atoms with Crippen LogP contribution in [0.5, 0.6) is 11.5 Å². The smallest absolute Gasteiger partial charge is 0.319 e. The van der Waals surface area contributed by atoms with E-state index in [1.165, 1.54) is 0 Å². The molecule has 6 N–H and O–H groups in total. The molecule has 176 valence electrons. The Hall–Kier alpha value is -3.75. The highest BCUT2D eigenvalue weighted by Gasteiger charge is 2.12. The van der Waals surface area contributed by atoms with Gasteiger partial charge in [-0.3, -0.25) is 10.2 Å². The Balaban J connectivity index is 1.46. The quantitative estimate of drug-likeness (QED) is 0.219. The summed E-state index contributed by atoms with van der Waals surface area (Å²) in [5.41, 5.74) is 7.32. The van der Waals surface area contributed by atoms with Crippen LogP contribution in [0, 0.1) is 5.41 Å². The summed E-state index contributed by atoms with van der Waals surface area (Å²) in [5, 5.41) is 16.2. The van der Waals surface area contributed by atoms with Crippen LogP contribution in [0.3, 0.4) is 0 Å². The number of nitrogens with one attached hydrogen (secondary N) is 4. The molecule has 0 aliphatic rings. The number of carbonyl (C=O) groups is 2. The van der Waals surface area contributed by atoms with Gasteiger partial charge in [0, 0.05) is 16.3 Å². The lowest BCUT2D eigenvalue weighted by atomic mass is 10.1. The molecule has 0 aliphatic heterocycles. The minimum absolute atomic E-state index is 0.0603. The molecule has 3 aromatic carbocycles. The maximum absolute atomic E-state index is 12.2. The third-order valence-electron chi connectivity index (χ3n) is 4.74. The molecule has 3 rings (SSSR count). The first kappa shape index (κ1) is 24.9. The van der Waals surface area contributed by atoms with E-state index in [1.54, 1.807) is 54.6 Å². The van der Waals surface area contributed by atoms with Gasteiger partial charge in [0.1, 0.15) is 17.3 Å². The number of nitrogens with two attached hydrogens (primary N) is 1. The van der Waals surface area contributed by atoms with Crippen LogP contribution in [-0.2, 0) is 4.79 Å². The SMILES string of the molecule is CC(NC(=O)CNC(=O)Nc1ccc(C(=N)N)cc1)c1ccc(Oc2ccc(Cl)cc2Cl)cc1. The fourth-order valence-electron chi connectivity index (χ4n) is 2.95. The van der Waals surface area contributed by atoms with Crippen molar-refractivity contribution in [1.29, 1.82) is 5.41 Å². The number of halogens is 2. The number of amidine groups is 1. The Morgan fingerprint density at radius 3 is 2.32 bits per heavy atom. The Morgan fingerprint density at radius 2 is 1.71 bits per heavy atom. The summed E-state index contributed by atoms with van der Waals surface area (Å²) in [7, 11) is 0. The predicted octanol–water partition coefficient (Wildman–Crippen LogP) is 5.07. The number of benzene rings is 3. The molecule has 0 saturated carbocycles. The monoisotopic (exact) mass is 499 g/mol.